The number of methoxy groups -OCH3 is 1. The van der Waals surface area contributed by atoms with E-state index in [2.05, 4.69) is 18.2 Å². The zero-order chi connectivity index (χ0) is 12.8. The number of hydrogen-bond acceptors (Lipinski definition) is 2. The lowest BCUT2D eigenvalue weighted by Gasteiger charge is -2.29. The average molecular weight is 247 g/mol. The Morgan fingerprint density at radius 2 is 2.00 bits per heavy atom. The molecule has 2 nitrogen and oxygen atoms in total. The maximum Gasteiger partial charge on any atom is 0.119 e. The quantitative estimate of drug-likeness (QED) is 0.861. The van der Waals surface area contributed by atoms with Crippen molar-refractivity contribution in [1.82, 2.24) is 0 Å². The van der Waals surface area contributed by atoms with Crippen molar-refractivity contribution in [3.05, 3.63) is 29.8 Å². The van der Waals surface area contributed by atoms with Gasteiger partial charge in [0.2, 0.25) is 0 Å². The monoisotopic (exact) mass is 247 g/mol. The third kappa shape index (κ3) is 3.49. The van der Waals surface area contributed by atoms with Crippen molar-refractivity contribution in [1.29, 1.82) is 0 Å². The Hall–Kier alpha value is -1.02. The van der Waals surface area contributed by atoms with E-state index in [-0.39, 0.29) is 0 Å². The van der Waals surface area contributed by atoms with Gasteiger partial charge in [-0.25, -0.2) is 0 Å². The van der Waals surface area contributed by atoms with Crippen molar-refractivity contribution >= 4 is 0 Å². The summed E-state index contributed by atoms with van der Waals surface area (Å²) >= 11 is 0. The van der Waals surface area contributed by atoms with E-state index in [1.54, 1.807) is 7.11 Å². The van der Waals surface area contributed by atoms with Gasteiger partial charge in [-0.15, -0.1) is 0 Å². The maximum atomic E-state index is 5.58. The topological polar surface area (TPSA) is 35.2 Å². The van der Waals surface area contributed by atoms with Crippen molar-refractivity contribution in [2.24, 2.45) is 11.7 Å². The van der Waals surface area contributed by atoms with E-state index in [0.717, 1.165) is 24.1 Å². The van der Waals surface area contributed by atoms with Crippen LogP contribution in [0.3, 0.4) is 0 Å². The molecule has 2 N–H and O–H groups in total. The van der Waals surface area contributed by atoms with Crippen LogP contribution in [0.2, 0.25) is 0 Å². The summed E-state index contributed by atoms with van der Waals surface area (Å²) in [6.07, 6.45) is 7.88. The van der Waals surface area contributed by atoms with Crippen LogP contribution in [0, 0.1) is 5.92 Å². The molecule has 2 heteroatoms. The van der Waals surface area contributed by atoms with Crippen LogP contribution in [0.4, 0.5) is 0 Å². The molecule has 0 radical (unpaired) electrons. The van der Waals surface area contributed by atoms with Crippen LogP contribution < -0.4 is 10.5 Å². The standard InChI is InChI=1S/C16H25NO/c1-18-16-6-2-5-15(12-16)14-9-7-13(8-10-14)4-3-11-17/h2,5-6,12-14H,3-4,7-11,17H2,1H3. The van der Waals surface area contributed by atoms with E-state index in [1.807, 2.05) is 6.07 Å². The van der Waals surface area contributed by atoms with Gasteiger partial charge in [0, 0.05) is 0 Å². The Labute approximate surface area is 111 Å². The molecule has 0 saturated heterocycles. The first kappa shape index (κ1) is 13.4. The molecule has 100 valence electrons. The molecule has 0 unspecified atom stereocenters. The van der Waals surface area contributed by atoms with Crippen LogP contribution in [-0.4, -0.2) is 13.7 Å². The summed E-state index contributed by atoms with van der Waals surface area (Å²) in [6.45, 7) is 0.843. The normalized spacial score (nSPS) is 23.9. The largest absolute Gasteiger partial charge is 0.497 e. The molecule has 1 saturated carbocycles. The van der Waals surface area contributed by atoms with Crippen molar-refractivity contribution < 1.29 is 4.74 Å². The lowest BCUT2D eigenvalue weighted by molar-refractivity contribution is 0.306. The Balaban J connectivity index is 1.88. The fourth-order valence-corrected chi connectivity index (χ4v) is 3.09. The second-order valence-corrected chi connectivity index (χ2v) is 5.43. The van der Waals surface area contributed by atoms with E-state index in [9.17, 15) is 0 Å². The highest BCUT2D eigenvalue weighted by Crippen LogP contribution is 2.38. The van der Waals surface area contributed by atoms with Gasteiger partial charge >= 0.3 is 0 Å². The minimum Gasteiger partial charge on any atom is -0.497 e. The van der Waals surface area contributed by atoms with Gasteiger partial charge in [0.1, 0.15) is 5.75 Å². The van der Waals surface area contributed by atoms with Crippen molar-refractivity contribution in [3.8, 4) is 5.75 Å². The third-order valence-electron chi connectivity index (χ3n) is 4.23. The van der Waals surface area contributed by atoms with Crippen molar-refractivity contribution in [2.45, 2.75) is 44.4 Å². The van der Waals surface area contributed by atoms with Crippen LogP contribution in [0.1, 0.15) is 50.0 Å². The molecule has 1 aliphatic carbocycles. The number of rotatable bonds is 5. The van der Waals surface area contributed by atoms with Crippen LogP contribution in [0.15, 0.2) is 24.3 Å². The molecule has 1 aliphatic rings. The summed E-state index contributed by atoms with van der Waals surface area (Å²) in [7, 11) is 1.74. The molecule has 0 spiro atoms. The minimum atomic E-state index is 0.731. The number of benzene rings is 1. The van der Waals surface area contributed by atoms with Gasteiger partial charge in [-0.2, -0.15) is 0 Å². The van der Waals surface area contributed by atoms with Crippen molar-refractivity contribution in [3.63, 3.8) is 0 Å². The van der Waals surface area contributed by atoms with Crippen LogP contribution in [0.5, 0.6) is 5.75 Å². The second-order valence-electron chi connectivity index (χ2n) is 5.43. The third-order valence-corrected chi connectivity index (χ3v) is 4.23. The molecular weight excluding hydrogens is 222 g/mol. The van der Waals surface area contributed by atoms with Crippen molar-refractivity contribution in [2.75, 3.05) is 13.7 Å². The van der Waals surface area contributed by atoms with Gasteiger partial charge in [-0.3, -0.25) is 0 Å². The highest BCUT2D eigenvalue weighted by Gasteiger charge is 2.22. The zero-order valence-corrected chi connectivity index (χ0v) is 11.4. The first-order valence-corrected chi connectivity index (χ1v) is 7.17. The van der Waals surface area contributed by atoms with E-state index < -0.39 is 0 Å². The number of nitrogens with two attached hydrogens (primary N) is 1. The molecule has 2 rings (SSSR count). The van der Waals surface area contributed by atoms with E-state index >= 15 is 0 Å². The first-order chi connectivity index (χ1) is 8.83. The lowest BCUT2D eigenvalue weighted by atomic mass is 9.77. The van der Waals surface area contributed by atoms with Gasteiger partial charge in [0.15, 0.2) is 0 Å². The summed E-state index contributed by atoms with van der Waals surface area (Å²) in [6, 6.07) is 8.57. The van der Waals surface area contributed by atoms with Crippen LogP contribution in [0.25, 0.3) is 0 Å². The van der Waals surface area contributed by atoms with Crippen LogP contribution >= 0.6 is 0 Å². The second kappa shape index (κ2) is 6.79. The van der Waals surface area contributed by atoms with Crippen LogP contribution in [-0.2, 0) is 0 Å². The van der Waals surface area contributed by atoms with E-state index in [1.165, 1.54) is 44.1 Å². The summed E-state index contributed by atoms with van der Waals surface area (Å²) in [4.78, 5) is 0. The highest BCUT2D eigenvalue weighted by molar-refractivity contribution is 5.31. The molecule has 0 aromatic heterocycles. The molecule has 0 atom stereocenters. The SMILES string of the molecule is COc1cccc(C2CCC(CCCN)CC2)c1. The molecule has 18 heavy (non-hydrogen) atoms. The first-order valence-electron chi connectivity index (χ1n) is 7.17. The van der Waals surface area contributed by atoms with Gasteiger partial charge in [0.25, 0.3) is 0 Å². The molecular formula is C16H25NO. The number of ether oxygens (including phenoxy) is 1. The molecule has 0 amide bonds. The fourth-order valence-electron chi connectivity index (χ4n) is 3.09. The summed E-state index contributed by atoms with van der Waals surface area (Å²) in [5, 5.41) is 0. The molecule has 0 bridgehead atoms. The number of hydrogen-bond donors (Lipinski definition) is 1. The predicted molar refractivity (Wildman–Crippen MR) is 76.0 cm³/mol. The minimum absolute atomic E-state index is 0.731. The Morgan fingerprint density at radius 3 is 2.67 bits per heavy atom. The van der Waals surface area contributed by atoms with E-state index in [0.29, 0.717) is 0 Å². The van der Waals surface area contributed by atoms with Gasteiger partial charge in [-0.1, -0.05) is 12.1 Å². The summed E-state index contributed by atoms with van der Waals surface area (Å²) in [5.74, 6) is 2.63. The Kier molecular flexibility index (Phi) is 5.06. The average Bonchev–Trinajstić information content (AvgIpc) is 2.46. The fraction of sp³-hybridized carbons (Fsp3) is 0.625. The summed E-state index contributed by atoms with van der Waals surface area (Å²) < 4.78 is 5.31. The molecule has 0 heterocycles. The smallest absolute Gasteiger partial charge is 0.119 e. The molecule has 1 fully saturated rings. The zero-order valence-electron chi connectivity index (χ0n) is 11.4. The summed E-state index contributed by atoms with van der Waals surface area (Å²) in [5.41, 5.74) is 7.03. The highest BCUT2D eigenvalue weighted by atomic mass is 16.5. The molecule has 0 aliphatic heterocycles. The Bertz CT molecular complexity index is 356. The lowest BCUT2D eigenvalue weighted by Crippen LogP contribution is -2.14. The van der Waals surface area contributed by atoms with Gasteiger partial charge < -0.3 is 10.5 Å². The predicted octanol–water partition coefficient (Wildman–Crippen LogP) is 3.71. The Morgan fingerprint density at radius 1 is 1.22 bits per heavy atom. The molecule has 1 aromatic rings. The van der Waals surface area contributed by atoms with Gasteiger partial charge in [0.05, 0.1) is 7.11 Å². The van der Waals surface area contributed by atoms with E-state index in [4.69, 9.17) is 10.5 Å². The van der Waals surface area contributed by atoms with Gasteiger partial charge in [-0.05, 0) is 74.6 Å². The molecule has 1 aromatic carbocycles. The maximum absolute atomic E-state index is 5.58.